The highest BCUT2D eigenvalue weighted by Crippen LogP contribution is 2.29. The van der Waals surface area contributed by atoms with E-state index >= 15 is 0 Å². The molecule has 6 heteroatoms. The van der Waals surface area contributed by atoms with Crippen LogP contribution in [0.15, 0.2) is 40.8 Å². The molecule has 0 aliphatic rings. The number of furan rings is 1. The van der Waals surface area contributed by atoms with Gasteiger partial charge in [0.1, 0.15) is 5.76 Å². The predicted molar refractivity (Wildman–Crippen MR) is 82.7 cm³/mol. The molecule has 1 amide bonds. The number of hydrogen-bond acceptors (Lipinski definition) is 4. The molecule has 2 rings (SSSR count). The molecule has 0 aliphatic heterocycles. The van der Waals surface area contributed by atoms with E-state index < -0.39 is 12.1 Å². The first-order valence-corrected chi connectivity index (χ1v) is 7.05. The number of carbonyl (C=O) groups is 2. The lowest BCUT2D eigenvalue weighted by molar-refractivity contribution is -0.137. The maximum absolute atomic E-state index is 12.0. The van der Waals surface area contributed by atoms with Gasteiger partial charge < -0.3 is 14.1 Å². The number of rotatable bonds is 4. The highest BCUT2D eigenvalue weighted by atomic mass is 35.5. The van der Waals surface area contributed by atoms with Crippen molar-refractivity contribution >= 4 is 23.5 Å². The van der Waals surface area contributed by atoms with Gasteiger partial charge in [-0.2, -0.15) is 0 Å². The molecule has 0 saturated carbocycles. The Balaban J connectivity index is 2.13. The molecule has 0 unspecified atom stereocenters. The van der Waals surface area contributed by atoms with Crippen LogP contribution >= 0.6 is 11.6 Å². The molecule has 1 atom stereocenters. The molecule has 1 heterocycles. The van der Waals surface area contributed by atoms with Crippen LogP contribution in [0.3, 0.4) is 0 Å². The summed E-state index contributed by atoms with van der Waals surface area (Å²) in [5, 5.41) is 0.521. The summed E-state index contributed by atoms with van der Waals surface area (Å²) >= 11 is 6.08. The van der Waals surface area contributed by atoms with Crippen LogP contribution in [-0.4, -0.2) is 37.0 Å². The van der Waals surface area contributed by atoms with Gasteiger partial charge in [-0.15, -0.1) is 0 Å². The van der Waals surface area contributed by atoms with Crippen molar-refractivity contribution in [3.8, 4) is 11.3 Å². The van der Waals surface area contributed by atoms with Crippen molar-refractivity contribution in [3.05, 3.63) is 47.2 Å². The van der Waals surface area contributed by atoms with E-state index in [2.05, 4.69) is 0 Å². The highest BCUT2D eigenvalue weighted by molar-refractivity contribution is 6.33. The number of ether oxygens (including phenoxy) is 1. The fourth-order valence-electron chi connectivity index (χ4n) is 1.89. The standard InChI is InChI=1S/C16H16ClNO4/c1-10(15(19)18(2)3)21-16(20)14-9-8-13(22-14)11-6-4-5-7-12(11)17/h4-10H,1-3H3/t10-/m1/s1. The van der Waals surface area contributed by atoms with Crippen LogP contribution < -0.4 is 0 Å². The Bertz CT molecular complexity index is 693. The number of nitrogens with zero attached hydrogens (tertiary/aromatic N) is 1. The third kappa shape index (κ3) is 3.49. The topological polar surface area (TPSA) is 59.8 Å². The van der Waals surface area contributed by atoms with Crippen LogP contribution in [-0.2, 0) is 9.53 Å². The van der Waals surface area contributed by atoms with E-state index in [1.165, 1.54) is 17.9 Å². The molecule has 0 bridgehead atoms. The lowest BCUT2D eigenvalue weighted by Gasteiger charge is -2.16. The monoisotopic (exact) mass is 321 g/mol. The lowest BCUT2D eigenvalue weighted by atomic mass is 10.2. The smallest absolute Gasteiger partial charge is 0.375 e. The first-order valence-electron chi connectivity index (χ1n) is 6.67. The molecular weight excluding hydrogens is 306 g/mol. The molecular formula is C16H16ClNO4. The summed E-state index contributed by atoms with van der Waals surface area (Å²) < 4.78 is 10.6. The summed E-state index contributed by atoms with van der Waals surface area (Å²) in [6, 6.07) is 10.3. The van der Waals surface area contributed by atoms with Gasteiger partial charge in [0.05, 0.1) is 5.02 Å². The van der Waals surface area contributed by atoms with Crippen LogP contribution in [0.25, 0.3) is 11.3 Å². The summed E-state index contributed by atoms with van der Waals surface area (Å²) in [5.41, 5.74) is 0.681. The van der Waals surface area contributed by atoms with Gasteiger partial charge in [-0.1, -0.05) is 23.7 Å². The Morgan fingerprint density at radius 1 is 1.18 bits per heavy atom. The second-order valence-electron chi connectivity index (χ2n) is 4.92. The molecule has 5 nitrogen and oxygen atoms in total. The fraction of sp³-hybridized carbons (Fsp3) is 0.250. The van der Waals surface area contributed by atoms with E-state index in [4.69, 9.17) is 20.8 Å². The molecule has 0 spiro atoms. The van der Waals surface area contributed by atoms with Gasteiger partial charge in [0, 0.05) is 19.7 Å². The number of esters is 1. The third-order valence-electron chi connectivity index (χ3n) is 3.02. The predicted octanol–water partition coefficient (Wildman–Crippen LogP) is 3.23. The zero-order valence-corrected chi connectivity index (χ0v) is 13.3. The van der Waals surface area contributed by atoms with E-state index in [0.29, 0.717) is 16.3 Å². The lowest BCUT2D eigenvalue weighted by Crippen LogP contribution is -2.34. The van der Waals surface area contributed by atoms with E-state index in [1.54, 1.807) is 38.4 Å². The minimum absolute atomic E-state index is 0.0216. The van der Waals surface area contributed by atoms with Crippen LogP contribution in [0.5, 0.6) is 0 Å². The number of likely N-dealkylation sites (N-methyl/N-ethyl adjacent to an activating group) is 1. The zero-order valence-electron chi connectivity index (χ0n) is 12.5. The fourth-order valence-corrected chi connectivity index (χ4v) is 2.11. The molecule has 1 aromatic carbocycles. The van der Waals surface area contributed by atoms with E-state index in [0.717, 1.165) is 0 Å². The molecule has 2 aromatic rings. The molecule has 22 heavy (non-hydrogen) atoms. The quantitative estimate of drug-likeness (QED) is 0.811. The zero-order chi connectivity index (χ0) is 16.3. The van der Waals surface area contributed by atoms with Crippen molar-refractivity contribution in [2.24, 2.45) is 0 Å². The summed E-state index contributed by atoms with van der Waals surface area (Å²) in [7, 11) is 3.18. The average molecular weight is 322 g/mol. The number of hydrogen-bond donors (Lipinski definition) is 0. The minimum Gasteiger partial charge on any atom is -0.449 e. The summed E-state index contributed by atoms with van der Waals surface area (Å²) in [6.07, 6.45) is -0.878. The second kappa shape index (κ2) is 6.66. The summed E-state index contributed by atoms with van der Waals surface area (Å²) in [5.74, 6) is -0.510. The van der Waals surface area contributed by atoms with Crippen LogP contribution in [0.1, 0.15) is 17.5 Å². The minimum atomic E-state index is -0.878. The van der Waals surface area contributed by atoms with Crippen molar-refractivity contribution < 1.29 is 18.7 Å². The first-order chi connectivity index (χ1) is 10.4. The molecule has 0 radical (unpaired) electrons. The van der Waals surface area contributed by atoms with E-state index in [1.807, 2.05) is 6.07 Å². The molecule has 0 fully saturated rings. The Morgan fingerprint density at radius 2 is 1.86 bits per heavy atom. The van der Waals surface area contributed by atoms with Crippen molar-refractivity contribution in [1.82, 2.24) is 4.90 Å². The molecule has 0 N–H and O–H groups in total. The number of carbonyl (C=O) groups excluding carboxylic acids is 2. The third-order valence-corrected chi connectivity index (χ3v) is 3.35. The molecule has 0 aliphatic carbocycles. The van der Waals surface area contributed by atoms with Gasteiger partial charge in [0.15, 0.2) is 6.10 Å². The maximum atomic E-state index is 12.0. The molecule has 1 aromatic heterocycles. The number of amides is 1. The SMILES string of the molecule is C[C@@H](OC(=O)c1ccc(-c2ccccc2Cl)o1)C(=O)N(C)C. The normalized spacial score (nSPS) is 11.8. The molecule has 116 valence electrons. The second-order valence-corrected chi connectivity index (χ2v) is 5.33. The van der Waals surface area contributed by atoms with Crippen molar-refractivity contribution in [2.45, 2.75) is 13.0 Å². The highest BCUT2D eigenvalue weighted by Gasteiger charge is 2.22. The Morgan fingerprint density at radius 3 is 2.50 bits per heavy atom. The van der Waals surface area contributed by atoms with Crippen molar-refractivity contribution in [3.63, 3.8) is 0 Å². The average Bonchev–Trinajstić information content (AvgIpc) is 2.96. The summed E-state index contributed by atoms with van der Waals surface area (Å²) in [6.45, 7) is 1.51. The van der Waals surface area contributed by atoms with Gasteiger partial charge in [-0.25, -0.2) is 4.79 Å². The molecule has 0 saturated heterocycles. The Hall–Kier alpha value is -2.27. The van der Waals surface area contributed by atoms with Crippen molar-refractivity contribution in [2.75, 3.05) is 14.1 Å². The van der Waals surface area contributed by atoms with Gasteiger partial charge >= 0.3 is 5.97 Å². The Kier molecular flexibility index (Phi) is 4.88. The Labute approximate surface area is 133 Å². The van der Waals surface area contributed by atoms with Gasteiger partial charge in [0.2, 0.25) is 5.76 Å². The van der Waals surface area contributed by atoms with E-state index in [-0.39, 0.29) is 11.7 Å². The van der Waals surface area contributed by atoms with E-state index in [9.17, 15) is 9.59 Å². The van der Waals surface area contributed by atoms with Gasteiger partial charge in [-0.05, 0) is 31.2 Å². The maximum Gasteiger partial charge on any atom is 0.375 e. The van der Waals surface area contributed by atoms with Gasteiger partial charge in [-0.3, -0.25) is 4.79 Å². The largest absolute Gasteiger partial charge is 0.449 e. The van der Waals surface area contributed by atoms with Crippen molar-refractivity contribution in [1.29, 1.82) is 0 Å². The van der Waals surface area contributed by atoms with Crippen LogP contribution in [0.4, 0.5) is 0 Å². The van der Waals surface area contributed by atoms with Crippen LogP contribution in [0, 0.1) is 0 Å². The number of benzene rings is 1. The van der Waals surface area contributed by atoms with Gasteiger partial charge in [0.25, 0.3) is 5.91 Å². The number of halogens is 1. The summed E-state index contributed by atoms with van der Waals surface area (Å²) in [4.78, 5) is 25.0. The first kappa shape index (κ1) is 16.1. The van der Waals surface area contributed by atoms with Crippen LogP contribution in [0.2, 0.25) is 5.02 Å².